The van der Waals surface area contributed by atoms with Crippen molar-refractivity contribution in [3.8, 4) is 11.3 Å². The molecule has 39 heavy (non-hydrogen) atoms. The minimum absolute atomic E-state index is 0.191. The summed E-state index contributed by atoms with van der Waals surface area (Å²) >= 11 is 13.0. The minimum Gasteiger partial charge on any atom is -0.465 e. The third kappa shape index (κ3) is 4.83. The van der Waals surface area contributed by atoms with Crippen molar-refractivity contribution in [2.24, 2.45) is 11.8 Å². The normalized spacial score (nSPS) is 24.3. The van der Waals surface area contributed by atoms with Gasteiger partial charge in [0, 0.05) is 36.3 Å². The van der Waals surface area contributed by atoms with Crippen molar-refractivity contribution in [1.82, 2.24) is 10.1 Å². The van der Waals surface area contributed by atoms with E-state index < -0.39 is 0 Å². The highest BCUT2D eigenvalue weighted by molar-refractivity contribution is 6.39. The van der Waals surface area contributed by atoms with E-state index in [9.17, 15) is 4.79 Å². The second kappa shape index (κ2) is 10.1. The maximum absolute atomic E-state index is 12.1. The predicted octanol–water partition coefficient (Wildman–Crippen LogP) is 7.02. The lowest BCUT2D eigenvalue weighted by Gasteiger charge is -2.23. The number of benzene rings is 1. The minimum atomic E-state index is -0.327. The zero-order valence-corrected chi connectivity index (χ0v) is 23.4. The first kappa shape index (κ1) is 25.4. The van der Waals surface area contributed by atoms with Crippen LogP contribution in [0.15, 0.2) is 35.0 Å². The van der Waals surface area contributed by atoms with Crippen molar-refractivity contribution in [2.45, 2.75) is 63.1 Å². The van der Waals surface area contributed by atoms with Gasteiger partial charge in [-0.3, -0.25) is 0 Å². The van der Waals surface area contributed by atoms with Crippen molar-refractivity contribution in [3.63, 3.8) is 0 Å². The lowest BCUT2D eigenvalue weighted by Crippen LogP contribution is -2.25. The van der Waals surface area contributed by atoms with E-state index in [0.717, 1.165) is 68.8 Å². The van der Waals surface area contributed by atoms with Crippen molar-refractivity contribution >= 4 is 35.0 Å². The van der Waals surface area contributed by atoms with Crippen molar-refractivity contribution in [1.29, 1.82) is 0 Å². The molecule has 4 aliphatic rings. The van der Waals surface area contributed by atoms with Gasteiger partial charge in [-0.1, -0.05) is 34.4 Å². The van der Waals surface area contributed by atoms with Crippen molar-refractivity contribution in [3.05, 3.63) is 63.0 Å². The number of halogens is 2. The Morgan fingerprint density at radius 3 is 2.41 bits per heavy atom. The number of rotatable bonds is 8. The van der Waals surface area contributed by atoms with E-state index in [2.05, 4.69) is 10.1 Å². The molecule has 1 aliphatic heterocycles. The molecule has 3 aromatic rings. The number of pyridine rings is 1. The molecule has 7 rings (SSSR count). The number of ether oxygens (including phenoxy) is 2. The zero-order chi connectivity index (χ0) is 26.7. The van der Waals surface area contributed by atoms with Gasteiger partial charge in [-0.2, -0.15) is 0 Å². The number of esters is 1. The molecule has 4 fully saturated rings. The standard InChI is InChI=1S/C30H31Cl2N3O4/c1-37-30(36)18-11-22(16-5-6-16)29(33-12-18)35-13-19-9-21(10-20(19)14-35)38-15-23-27(34-39-28(23)17-7-8-17)26-24(31)3-2-4-25(26)32/h2-4,11-12,16-17,19-21H,5-10,13-15H2,1H3. The molecule has 0 radical (unpaired) electrons. The summed E-state index contributed by atoms with van der Waals surface area (Å²) in [4.78, 5) is 19.2. The van der Waals surface area contributed by atoms with Gasteiger partial charge in [0.25, 0.3) is 0 Å². The number of nitrogens with zero attached hydrogens (tertiary/aromatic N) is 3. The second-order valence-electron chi connectivity index (χ2n) is 11.5. The first-order chi connectivity index (χ1) is 19.0. The Morgan fingerprint density at radius 1 is 1.08 bits per heavy atom. The van der Waals surface area contributed by atoms with Crippen LogP contribution < -0.4 is 4.90 Å². The summed E-state index contributed by atoms with van der Waals surface area (Å²) in [6, 6.07) is 7.49. The summed E-state index contributed by atoms with van der Waals surface area (Å²) < 4.78 is 17.3. The molecular weight excluding hydrogens is 537 g/mol. The summed E-state index contributed by atoms with van der Waals surface area (Å²) in [5, 5.41) is 5.53. The average molecular weight is 569 g/mol. The van der Waals surface area contributed by atoms with Crippen LogP contribution in [0.1, 0.15) is 77.6 Å². The summed E-state index contributed by atoms with van der Waals surface area (Å²) in [7, 11) is 1.41. The van der Waals surface area contributed by atoms with Crippen molar-refractivity contribution in [2.75, 3.05) is 25.1 Å². The Hall–Kier alpha value is -2.61. The maximum atomic E-state index is 12.1. The fourth-order valence-corrected chi connectivity index (χ4v) is 7.04. The van der Waals surface area contributed by atoms with Crippen LogP contribution in [0.4, 0.5) is 5.82 Å². The molecular formula is C30H31Cl2N3O4. The van der Waals surface area contributed by atoms with Gasteiger partial charge in [-0.05, 0) is 80.0 Å². The molecule has 0 spiro atoms. The molecule has 7 nitrogen and oxygen atoms in total. The lowest BCUT2D eigenvalue weighted by molar-refractivity contribution is 0.0402. The third-order valence-corrected chi connectivity index (χ3v) is 9.40. The molecule has 0 bridgehead atoms. The van der Waals surface area contributed by atoms with E-state index in [-0.39, 0.29) is 12.1 Å². The third-order valence-electron chi connectivity index (χ3n) is 8.77. The second-order valence-corrected chi connectivity index (χ2v) is 12.3. The number of aromatic nitrogens is 2. The summed E-state index contributed by atoms with van der Waals surface area (Å²) in [5.41, 5.74) is 4.12. The van der Waals surface area contributed by atoms with Crippen LogP contribution in [0.3, 0.4) is 0 Å². The molecule has 2 atom stereocenters. The number of anilines is 1. The Labute approximate surface area is 237 Å². The Bertz CT molecular complexity index is 1380. The summed E-state index contributed by atoms with van der Waals surface area (Å²) in [6.07, 6.45) is 8.42. The molecule has 3 aliphatic carbocycles. The first-order valence-corrected chi connectivity index (χ1v) is 14.6. The number of carbonyl (C=O) groups excluding carboxylic acids is 1. The highest BCUT2D eigenvalue weighted by Gasteiger charge is 2.43. The Balaban J connectivity index is 1.04. The number of fused-ring (bicyclic) bond motifs is 1. The molecule has 1 saturated heterocycles. The molecule has 2 aromatic heterocycles. The number of methoxy groups -OCH3 is 1. The SMILES string of the molecule is COC(=O)c1cnc(N2CC3CC(OCc4c(-c5c(Cl)cccc5Cl)noc4C4CC4)CC3C2)c(C2CC2)c1. The van der Waals surface area contributed by atoms with Crippen molar-refractivity contribution < 1.29 is 18.8 Å². The van der Waals surface area contributed by atoms with Crippen LogP contribution >= 0.6 is 23.2 Å². The lowest BCUT2D eigenvalue weighted by atomic mass is 10.0. The fourth-order valence-electron chi connectivity index (χ4n) is 6.47. The van der Waals surface area contributed by atoms with Gasteiger partial charge in [0.05, 0.1) is 35.4 Å². The number of carbonyl (C=O) groups is 1. The van der Waals surface area contributed by atoms with Crippen LogP contribution in [0.2, 0.25) is 10.0 Å². The van der Waals surface area contributed by atoms with Crippen LogP contribution in [0.5, 0.6) is 0 Å². The average Bonchev–Trinajstić information content (AvgIpc) is 3.85. The highest BCUT2D eigenvalue weighted by atomic mass is 35.5. The van der Waals surface area contributed by atoms with Crippen LogP contribution in [-0.2, 0) is 16.1 Å². The molecule has 2 unspecified atom stereocenters. The van der Waals surface area contributed by atoms with E-state index in [1.807, 2.05) is 24.3 Å². The number of hydrogen-bond donors (Lipinski definition) is 0. The van der Waals surface area contributed by atoms with Gasteiger partial charge < -0.3 is 18.9 Å². The first-order valence-electron chi connectivity index (χ1n) is 13.9. The van der Waals surface area contributed by atoms with E-state index >= 15 is 0 Å². The monoisotopic (exact) mass is 567 g/mol. The molecule has 1 aromatic carbocycles. The fraction of sp³-hybridized carbons (Fsp3) is 0.500. The topological polar surface area (TPSA) is 77.7 Å². The summed E-state index contributed by atoms with van der Waals surface area (Å²) in [5.74, 6) is 3.65. The van der Waals surface area contributed by atoms with E-state index in [1.165, 1.54) is 12.7 Å². The van der Waals surface area contributed by atoms with Gasteiger partial charge in [0.2, 0.25) is 0 Å². The van der Waals surface area contributed by atoms with Gasteiger partial charge in [-0.25, -0.2) is 9.78 Å². The molecule has 3 heterocycles. The maximum Gasteiger partial charge on any atom is 0.339 e. The number of hydrogen-bond acceptors (Lipinski definition) is 7. The Kier molecular flexibility index (Phi) is 6.57. The predicted molar refractivity (Wildman–Crippen MR) is 148 cm³/mol. The van der Waals surface area contributed by atoms with Crippen LogP contribution in [0.25, 0.3) is 11.3 Å². The van der Waals surface area contributed by atoms with E-state index in [1.54, 1.807) is 6.20 Å². The van der Waals surface area contributed by atoms with E-state index in [4.69, 9.17) is 42.2 Å². The van der Waals surface area contributed by atoms with Gasteiger partial charge >= 0.3 is 5.97 Å². The molecule has 3 saturated carbocycles. The van der Waals surface area contributed by atoms with Crippen LogP contribution in [-0.4, -0.2) is 42.4 Å². The van der Waals surface area contributed by atoms with Gasteiger partial charge in [-0.15, -0.1) is 0 Å². The highest BCUT2D eigenvalue weighted by Crippen LogP contribution is 2.49. The zero-order valence-electron chi connectivity index (χ0n) is 21.9. The van der Waals surface area contributed by atoms with Gasteiger partial charge in [0.1, 0.15) is 17.3 Å². The Morgan fingerprint density at radius 2 is 1.77 bits per heavy atom. The molecule has 204 valence electrons. The molecule has 0 N–H and O–H groups in total. The molecule has 0 amide bonds. The summed E-state index contributed by atoms with van der Waals surface area (Å²) in [6.45, 7) is 2.38. The largest absolute Gasteiger partial charge is 0.465 e. The van der Waals surface area contributed by atoms with Gasteiger partial charge in [0.15, 0.2) is 0 Å². The van der Waals surface area contributed by atoms with E-state index in [0.29, 0.717) is 57.1 Å². The van der Waals surface area contributed by atoms with Crippen LogP contribution in [0, 0.1) is 11.8 Å². The smallest absolute Gasteiger partial charge is 0.339 e. The quantitative estimate of drug-likeness (QED) is 0.271. The molecule has 9 heteroatoms.